The third kappa shape index (κ3) is 3.81. The maximum absolute atomic E-state index is 13.3. The van der Waals surface area contributed by atoms with Crippen molar-refractivity contribution in [2.24, 2.45) is 0 Å². The van der Waals surface area contributed by atoms with Crippen molar-refractivity contribution in [1.29, 1.82) is 0 Å². The van der Waals surface area contributed by atoms with Crippen LogP contribution >= 0.6 is 23.4 Å². The van der Waals surface area contributed by atoms with E-state index in [0.29, 0.717) is 38.3 Å². The summed E-state index contributed by atoms with van der Waals surface area (Å²) in [6, 6.07) is 17.3. The van der Waals surface area contributed by atoms with Gasteiger partial charge < -0.3 is 9.15 Å². The largest absolute Gasteiger partial charge is 0.497 e. The molecule has 2 amide bonds. The Bertz CT molecular complexity index is 1070. The second-order valence-electron chi connectivity index (χ2n) is 6.22. The van der Waals surface area contributed by atoms with E-state index in [9.17, 15) is 9.59 Å². The van der Waals surface area contributed by atoms with Crippen LogP contribution in [0, 0.1) is 0 Å². The van der Waals surface area contributed by atoms with Crippen LogP contribution in [0.2, 0.25) is 5.02 Å². The van der Waals surface area contributed by atoms with Gasteiger partial charge >= 0.3 is 0 Å². The van der Waals surface area contributed by atoms with E-state index in [-0.39, 0.29) is 11.8 Å². The molecule has 0 saturated carbocycles. The first-order valence-electron chi connectivity index (χ1n) is 8.76. The van der Waals surface area contributed by atoms with Crippen LogP contribution < -0.4 is 9.64 Å². The summed E-state index contributed by atoms with van der Waals surface area (Å²) in [5.41, 5.74) is 1.49. The van der Waals surface area contributed by atoms with Gasteiger partial charge in [0.1, 0.15) is 11.5 Å². The van der Waals surface area contributed by atoms with Crippen molar-refractivity contribution in [1.82, 2.24) is 0 Å². The van der Waals surface area contributed by atoms with E-state index in [1.165, 1.54) is 16.7 Å². The first kappa shape index (κ1) is 19.4. The highest BCUT2D eigenvalue weighted by Gasteiger charge is 2.40. The second-order valence-corrected chi connectivity index (χ2v) is 7.64. The standard InChI is InChI=1S/C22H16ClNO4S/c1-27-17-10-8-16(9-11-17)24-21(25)19(14-4-6-15(23)7-5-14)20(22(24)26)29-13-18-3-2-12-28-18/h2-12H,13H2,1H3. The molecule has 3 aromatic rings. The number of furan rings is 1. The van der Waals surface area contributed by atoms with Crippen LogP contribution in [-0.4, -0.2) is 18.9 Å². The van der Waals surface area contributed by atoms with E-state index in [0.717, 1.165) is 5.76 Å². The van der Waals surface area contributed by atoms with Crippen LogP contribution in [0.5, 0.6) is 5.75 Å². The average Bonchev–Trinajstić information content (AvgIpc) is 3.34. The molecule has 7 heteroatoms. The molecule has 0 radical (unpaired) electrons. The summed E-state index contributed by atoms with van der Waals surface area (Å²) < 4.78 is 10.5. The number of carbonyl (C=O) groups excluding carboxylic acids is 2. The lowest BCUT2D eigenvalue weighted by atomic mass is 10.1. The van der Waals surface area contributed by atoms with Gasteiger partial charge in [-0.05, 0) is 54.1 Å². The fourth-order valence-electron chi connectivity index (χ4n) is 3.02. The predicted molar refractivity (Wildman–Crippen MR) is 114 cm³/mol. The maximum Gasteiger partial charge on any atom is 0.272 e. The number of nitrogens with zero attached hydrogens (tertiary/aromatic N) is 1. The number of methoxy groups -OCH3 is 1. The fourth-order valence-corrected chi connectivity index (χ4v) is 4.16. The van der Waals surface area contributed by atoms with Crippen molar-refractivity contribution in [2.75, 3.05) is 12.0 Å². The smallest absolute Gasteiger partial charge is 0.272 e. The molecule has 146 valence electrons. The molecule has 0 bridgehead atoms. The van der Waals surface area contributed by atoms with E-state index in [1.54, 1.807) is 68.0 Å². The maximum atomic E-state index is 13.3. The van der Waals surface area contributed by atoms with Crippen LogP contribution in [0.4, 0.5) is 5.69 Å². The highest BCUT2D eigenvalue weighted by molar-refractivity contribution is 8.03. The summed E-state index contributed by atoms with van der Waals surface area (Å²) in [4.78, 5) is 28.1. The Morgan fingerprint density at radius 1 is 1.00 bits per heavy atom. The van der Waals surface area contributed by atoms with Crippen LogP contribution in [0.25, 0.3) is 5.57 Å². The lowest BCUT2D eigenvalue weighted by Gasteiger charge is -2.15. The van der Waals surface area contributed by atoms with Crippen LogP contribution in [0.15, 0.2) is 76.2 Å². The van der Waals surface area contributed by atoms with E-state index < -0.39 is 0 Å². The van der Waals surface area contributed by atoms with Gasteiger partial charge in [0.2, 0.25) is 0 Å². The van der Waals surface area contributed by atoms with Crippen molar-refractivity contribution in [3.8, 4) is 5.75 Å². The lowest BCUT2D eigenvalue weighted by molar-refractivity contribution is -0.119. The first-order valence-corrected chi connectivity index (χ1v) is 10.1. The number of hydrogen-bond donors (Lipinski definition) is 0. The average molecular weight is 426 g/mol. The summed E-state index contributed by atoms with van der Waals surface area (Å²) in [6.45, 7) is 0. The molecular weight excluding hydrogens is 410 g/mol. The number of rotatable bonds is 6. The third-order valence-corrected chi connectivity index (χ3v) is 5.79. The molecule has 1 aromatic heterocycles. The number of hydrogen-bond acceptors (Lipinski definition) is 5. The number of amides is 2. The van der Waals surface area contributed by atoms with E-state index >= 15 is 0 Å². The summed E-state index contributed by atoms with van der Waals surface area (Å²) in [6.07, 6.45) is 1.58. The Morgan fingerprint density at radius 3 is 2.34 bits per heavy atom. The molecule has 0 saturated heterocycles. The zero-order valence-corrected chi connectivity index (χ0v) is 17.0. The summed E-state index contributed by atoms with van der Waals surface area (Å²) in [7, 11) is 1.56. The second kappa shape index (κ2) is 8.19. The first-order chi connectivity index (χ1) is 14.1. The predicted octanol–water partition coefficient (Wildman–Crippen LogP) is 5.16. The molecule has 29 heavy (non-hydrogen) atoms. The molecule has 2 heterocycles. The monoisotopic (exact) mass is 425 g/mol. The lowest BCUT2D eigenvalue weighted by Crippen LogP contribution is -2.31. The van der Waals surface area contributed by atoms with Crippen molar-refractivity contribution in [3.63, 3.8) is 0 Å². The molecule has 5 nitrogen and oxygen atoms in total. The molecular formula is C22H16ClNO4S. The number of halogens is 1. The topological polar surface area (TPSA) is 59.8 Å². The quantitative estimate of drug-likeness (QED) is 0.510. The molecule has 2 aromatic carbocycles. The Morgan fingerprint density at radius 2 is 1.72 bits per heavy atom. The number of imide groups is 1. The Kier molecular flexibility index (Phi) is 5.47. The summed E-state index contributed by atoms with van der Waals surface area (Å²) in [5, 5.41) is 0.558. The van der Waals surface area contributed by atoms with Crippen LogP contribution in [0.1, 0.15) is 11.3 Å². The molecule has 0 atom stereocenters. The highest BCUT2D eigenvalue weighted by atomic mass is 35.5. The van der Waals surface area contributed by atoms with Crippen molar-refractivity contribution >= 4 is 46.4 Å². The van der Waals surface area contributed by atoms with Gasteiger partial charge in [-0.2, -0.15) is 0 Å². The zero-order valence-electron chi connectivity index (χ0n) is 15.4. The zero-order chi connectivity index (χ0) is 20.4. The SMILES string of the molecule is COc1ccc(N2C(=O)C(SCc3ccco3)=C(c3ccc(Cl)cc3)C2=O)cc1. The van der Waals surface area contributed by atoms with Gasteiger partial charge in [-0.1, -0.05) is 23.7 Å². The van der Waals surface area contributed by atoms with Gasteiger partial charge in [0.15, 0.2) is 0 Å². The van der Waals surface area contributed by atoms with E-state index in [2.05, 4.69) is 0 Å². The molecule has 4 rings (SSSR count). The fraction of sp³-hybridized carbons (Fsp3) is 0.0909. The number of anilines is 1. The van der Waals surface area contributed by atoms with Gasteiger partial charge in [-0.3, -0.25) is 9.59 Å². The molecule has 0 spiro atoms. The van der Waals surface area contributed by atoms with Crippen molar-refractivity contribution < 1.29 is 18.7 Å². The molecule has 0 aliphatic carbocycles. The van der Waals surface area contributed by atoms with Gasteiger partial charge in [-0.25, -0.2) is 4.90 Å². The molecule has 1 aliphatic rings. The van der Waals surface area contributed by atoms with E-state index in [4.69, 9.17) is 20.8 Å². The molecule has 1 aliphatic heterocycles. The number of ether oxygens (including phenoxy) is 1. The number of benzene rings is 2. The highest BCUT2D eigenvalue weighted by Crippen LogP contribution is 2.40. The minimum absolute atomic E-state index is 0.360. The van der Waals surface area contributed by atoms with Crippen molar-refractivity contribution in [2.45, 2.75) is 5.75 Å². The Hall–Kier alpha value is -2.96. The molecule has 0 N–H and O–H groups in total. The Labute approximate surface area is 176 Å². The van der Waals surface area contributed by atoms with Crippen LogP contribution in [-0.2, 0) is 15.3 Å². The third-order valence-electron chi connectivity index (χ3n) is 4.44. The van der Waals surface area contributed by atoms with Gasteiger partial charge in [0, 0.05) is 5.02 Å². The van der Waals surface area contributed by atoms with E-state index in [1.807, 2.05) is 6.07 Å². The molecule has 0 fully saturated rings. The van der Waals surface area contributed by atoms with Crippen LogP contribution in [0.3, 0.4) is 0 Å². The summed E-state index contributed by atoms with van der Waals surface area (Å²) in [5.74, 6) is 1.08. The minimum Gasteiger partial charge on any atom is -0.497 e. The molecule has 0 unspecified atom stereocenters. The minimum atomic E-state index is -0.371. The van der Waals surface area contributed by atoms with Crippen molar-refractivity contribution in [3.05, 3.63) is 88.2 Å². The van der Waals surface area contributed by atoms with Gasteiger partial charge in [0.25, 0.3) is 11.8 Å². The number of thioether (sulfide) groups is 1. The Balaban J connectivity index is 1.72. The summed E-state index contributed by atoms with van der Waals surface area (Å²) >= 11 is 7.28. The number of carbonyl (C=O) groups is 2. The normalized spacial score (nSPS) is 14.1. The van der Waals surface area contributed by atoms with Gasteiger partial charge in [-0.15, -0.1) is 11.8 Å². The van der Waals surface area contributed by atoms with Gasteiger partial charge in [0.05, 0.1) is 35.3 Å².